The molecule has 0 atom stereocenters. The molecular weight excluding hydrogens is 479 g/mol. The van der Waals surface area contributed by atoms with Gasteiger partial charge in [0.2, 0.25) is 0 Å². The van der Waals surface area contributed by atoms with Crippen molar-refractivity contribution in [2.24, 2.45) is 4.99 Å². The molecule has 0 bridgehead atoms. The van der Waals surface area contributed by atoms with E-state index in [4.69, 9.17) is 16.3 Å². The molecule has 1 amide bonds. The van der Waals surface area contributed by atoms with Crippen molar-refractivity contribution in [2.75, 3.05) is 27.2 Å². The van der Waals surface area contributed by atoms with Crippen LogP contribution in [0.3, 0.4) is 0 Å². The summed E-state index contributed by atoms with van der Waals surface area (Å²) in [5.41, 5.74) is 1.66. The van der Waals surface area contributed by atoms with Crippen LogP contribution in [-0.2, 0) is 6.54 Å². The lowest BCUT2D eigenvalue weighted by Gasteiger charge is -2.12. The topological polar surface area (TPSA) is 74.8 Å². The molecule has 0 spiro atoms. The summed E-state index contributed by atoms with van der Waals surface area (Å²) in [6, 6.07) is 14.6. The maximum absolute atomic E-state index is 12.1. The highest BCUT2D eigenvalue weighted by molar-refractivity contribution is 14.0. The van der Waals surface area contributed by atoms with Crippen LogP contribution in [0.5, 0.6) is 5.75 Å². The molecule has 146 valence electrons. The van der Waals surface area contributed by atoms with Crippen molar-refractivity contribution in [3.05, 3.63) is 64.7 Å². The van der Waals surface area contributed by atoms with Crippen molar-refractivity contribution in [1.29, 1.82) is 0 Å². The van der Waals surface area contributed by atoms with Gasteiger partial charge in [0, 0.05) is 37.3 Å². The van der Waals surface area contributed by atoms with Gasteiger partial charge in [0.1, 0.15) is 5.75 Å². The lowest BCUT2D eigenvalue weighted by atomic mass is 10.2. The number of methoxy groups -OCH3 is 1. The number of hydrogen-bond acceptors (Lipinski definition) is 3. The largest absolute Gasteiger partial charge is 0.497 e. The fraction of sp³-hybridized carbons (Fsp3) is 0.263. The Bertz CT molecular complexity index is 754. The molecule has 0 saturated heterocycles. The summed E-state index contributed by atoms with van der Waals surface area (Å²) < 4.78 is 5.08. The van der Waals surface area contributed by atoms with Gasteiger partial charge < -0.3 is 20.7 Å². The summed E-state index contributed by atoms with van der Waals surface area (Å²) in [6.07, 6.45) is 0. The van der Waals surface area contributed by atoms with Gasteiger partial charge in [0.05, 0.1) is 7.11 Å². The molecule has 0 aliphatic heterocycles. The lowest BCUT2D eigenvalue weighted by Crippen LogP contribution is -2.41. The first-order chi connectivity index (χ1) is 12.6. The Morgan fingerprint density at radius 1 is 1.07 bits per heavy atom. The number of aliphatic imine (C=N–C) groups is 1. The zero-order valence-electron chi connectivity index (χ0n) is 15.3. The van der Waals surface area contributed by atoms with Crippen LogP contribution < -0.4 is 20.7 Å². The number of hydrogen-bond donors (Lipinski definition) is 3. The van der Waals surface area contributed by atoms with E-state index in [1.807, 2.05) is 24.3 Å². The number of carbonyl (C=O) groups excluding carboxylic acids is 1. The molecule has 0 fully saturated rings. The van der Waals surface area contributed by atoms with Crippen LogP contribution in [0.4, 0.5) is 0 Å². The predicted molar refractivity (Wildman–Crippen MR) is 120 cm³/mol. The molecule has 3 N–H and O–H groups in total. The van der Waals surface area contributed by atoms with Crippen LogP contribution in [0.25, 0.3) is 0 Å². The molecule has 0 aliphatic carbocycles. The molecule has 0 aromatic heterocycles. The average Bonchev–Trinajstić information content (AvgIpc) is 2.67. The molecule has 0 unspecified atom stereocenters. The van der Waals surface area contributed by atoms with Crippen LogP contribution in [0.1, 0.15) is 15.9 Å². The second-order valence-corrected chi connectivity index (χ2v) is 5.90. The molecular formula is C19H24ClIN4O2. The van der Waals surface area contributed by atoms with Gasteiger partial charge in [-0.15, -0.1) is 24.0 Å². The highest BCUT2D eigenvalue weighted by Gasteiger charge is 2.05. The van der Waals surface area contributed by atoms with E-state index in [9.17, 15) is 4.79 Å². The molecule has 0 saturated carbocycles. The second kappa shape index (κ2) is 12.4. The SMILES string of the molecule is CN=C(NCCNC(=O)c1ccc(OC)cc1)NCc1cccc(Cl)c1.I. The summed E-state index contributed by atoms with van der Waals surface area (Å²) in [7, 11) is 3.29. The maximum Gasteiger partial charge on any atom is 0.251 e. The van der Waals surface area contributed by atoms with Gasteiger partial charge in [-0.2, -0.15) is 0 Å². The van der Waals surface area contributed by atoms with E-state index in [0.29, 0.717) is 36.2 Å². The molecule has 8 heteroatoms. The second-order valence-electron chi connectivity index (χ2n) is 5.47. The summed E-state index contributed by atoms with van der Waals surface area (Å²) in [4.78, 5) is 16.2. The Hall–Kier alpha value is -2.00. The zero-order valence-corrected chi connectivity index (χ0v) is 18.4. The smallest absolute Gasteiger partial charge is 0.251 e. The van der Waals surface area contributed by atoms with Crippen molar-refractivity contribution in [1.82, 2.24) is 16.0 Å². The van der Waals surface area contributed by atoms with Gasteiger partial charge in [0.15, 0.2) is 5.96 Å². The minimum atomic E-state index is -0.128. The number of nitrogens with one attached hydrogen (secondary N) is 3. The van der Waals surface area contributed by atoms with Crippen molar-refractivity contribution in [3.63, 3.8) is 0 Å². The van der Waals surface area contributed by atoms with Gasteiger partial charge in [-0.25, -0.2) is 0 Å². The van der Waals surface area contributed by atoms with Crippen molar-refractivity contribution < 1.29 is 9.53 Å². The third-order valence-electron chi connectivity index (χ3n) is 3.63. The van der Waals surface area contributed by atoms with Crippen LogP contribution in [0.15, 0.2) is 53.5 Å². The Labute approximate surface area is 181 Å². The van der Waals surface area contributed by atoms with Crippen LogP contribution in [0.2, 0.25) is 5.02 Å². The van der Waals surface area contributed by atoms with Crippen LogP contribution >= 0.6 is 35.6 Å². The van der Waals surface area contributed by atoms with E-state index < -0.39 is 0 Å². The van der Waals surface area contributed by atoms with E-state index in [1.54, 1.807) is 38.4 Å². The number of carbonyl (C=O) groups is 1. The molecule has 0 heterocycles. The number of amides is 1. The maximum atomic E-state index is 12.1. The summed E-state index contributed by atoms with van der Waals surface area (Å²) in [6.45, 7) is 1.64. The predicted octanol–water partition coefficient (Wildman–Crippen LogP) is 3.06. The van der Waals surface area contributed by atoms with Crippen LogP contribution in [-0.4, -0.2) is 39.1 Å². The average molecular weight is 503 g/mol. The van der Waals surface area contributed by atoms with Crippen molar-refractivity contribution in [3.8, 4) is 5.75 Å². The Balaban J connectivity index is 0.00000364. The first kappa shape index (κ1) is 23.0. The standard InChI is InChI=1S/C19H23ClN4O2.HI/c1-21-19(24-13-14-4-3-5-16(20)12-14)23-11-10-22-18(25)15-6-8-17(26-2)9-7-15;/h3-9,12H,10-11,13H2,1-2H3,(H,22,25)(H2,21,23,24);1H. The van der Waals surface area contributed by atoms with Crippen LogP contribution in [0, 0.1) is 0 Å². The first-order valence-electron chi connectivity index (χ1n) is 8.23. The Kier molecular flexibility index (Phi) is 10.6. The highest BCUT2D eigenvalue weighted by Crippen LogP contribution is 2.11. The van der Waals surface area contributed by atoms with Gasteiger partial charge >= 0.3 is 0 Å². The summed E-state index contributed by atoms with van der Waals surface area (Å²) >= 11 is 5.97. The quantitative estimate of drug-likeness (QED) is 0.235. The van der Waals surface area contributed by atoms with Crippen molar-refractivity contribution in [2.45, 2.75) is 6.54 Å². The number of ether oxygens (including phenoxy) is 1. The van der Waals surface area contributed by atoms with E-state index in [-0.39, 0.29) is 29.9 Å². The van der Waals surface area contributed by atoms with Gasteiger partial charge in [0.25, 0.3) is 5.91 Å². The van der Waals surface area contributed by atoms with E-state index >= 15 is 0 Å². The number of guanidine groups is 1. The van der Waals surface area contributed by atoms with E-state index in [0.717, 1.165) is 11.3 Å². The molecule has 2 aromatic rings. The third-order valence-corrected chi connectivity index (χ3v) is 3.86. The van der Waals surface area contributed by atoms with Gasteiger partial charge in [-0.1, -0.05) is 23.7 Å². The lowest BCUT2D eigenvalue weighted by molar-refractivity contribution is 0.0954. The monoisotopic (exact) mass is 502 g/mol. The molecule has 2 aromatic carbocycles. The molecule has 0 radical (unpaired) electrons. The Morgan fingerprint density at radius 3 is 2.41 bits per heavy atom. The third kappa shape index (κ3) is 8.04. The normalized spacial score (nSPS) is 10.6. The van der Waals surface area contributed by atoms with Gasteiger partial charge in [-0.05, 0) is 42.0 Å². The first-order valence-corrected chi connectivity index (χ1v) is 8.61. The number of halogens is 2. The summed E-state index contributed by atoms with van der Waals surface area (Å²) in [5, 5.41) is 9.91. The minimum absolute atomic E-state index is 0. The van der Waals surface area contributed by atoms with Crippen molar-refractivity contribution >= 4 is 47.4 Å². The van der Waals surface area contributed by atoms with E-state index in [2.05, 4.69) is 20.9 Å². The zero-order chi connectivity index (χ0) is 18.8. The molecule has 6 nitrogen and oxygen atoms in total. The molecule has 0 aliphatic rings. The molecule has 2 rings (SSSR count). The van der Waals surface area contributed by atoms with Gasteiger partial charge in [-0.3, -0.25) is 9.79 Å². The minimum Gasteiger partial charge on any atom is -0.497 e. The summed E-state index contributed by atoms with van der Waals surface area (Å²) in [5.74, 6) is 1.25. The number of rotatable bonds is 7. The number of benzene rings is 2. The molecule has 27 heavy (non-hydrogen) atoms. The Morgan fingerprint density at radius 2 is 1.78 bits per heavy atom. The number of nitrogens with zero attached hydrogens (tertiary/aromatic N) is 1. The van der Waals surface area contributed by atoms with E-state index in [1.165, 1.54) is 0 Å². The highest BCUT2D eigenvalue weighted by atomic mass is 127. The fourth-order valence-electron chi connectivity index (χ4n) is 2.25. The fourth-order valence-corrected chi connectivity index (χ4v) is 2.47.